The molecule has 3 heteroatoms. The summed E-state index contributed by atoms with van der Waals surface area (Å²) >= 11 is 0. The zero-order chi connectivity index (χ0) is 36.4. The Morgan fingerprint density at radius 3 is 1.98 bits per heavy atom. The van der Waals surface area contributed by atoms with Crippen LogP contribution in [-0.4, -0.2) is 14.5 Å². The van der Waals surface area contributed by atoms with Gasteiger partial charge in [-0.05, 0) is 69.4 Å². The summed E-state index contributed by atoms with van der Waals surface area (Å²) in [5.41, 5.74) is 13.6. The van der Waals surface area contributed by atoms with E-state index in [1.54, 1.807) is 0 Å². The number of hydrogen-bond acceptors (Lipinski definition) is 2. The van der Waals surface area contributed by atoms with Gasteiger partial charge in [-0.1, -0.05) is 166 Å². The van der Waals surface area contributed by atoms with Crippen LogP contribution in [0.15, 0.2) is 182 Å². The van der Waals surface area contributed by atoms with Crippen molar-refractivity contribution in [2.45, 2.75) is 20.3 Å². The molecule has 0 radical (unpaired) electrons. The van der Waals surface area contributed by atoms with E-state index in [2.05, 4.69) is 193 Å². The number of benzene rings is 7. The Hall–Kier alpha value is -6.84. The molecule has 0 saturated heterocycles. The first-order valence-corrected chi connectivity index (χ1v) is 18.8. The van der Waals surface area contributed by atoms with E-state index in [-0.39, 0.29) is 0 Å². The highest BCUT2D eigenvalue weighted by molar-refractivity contribution is 6.00. The van der Waals surface area contributed by atoms with Crippen molar-refractivity contribution in [2.75, 3.05) is 0 Å². The van der Waals surface area contributed by atoms with Gasteiger partial charge in [0.05, 0.1) is 16.7 Å². The summed E-state index contributed by atoms with van der Waals surface area (Å²) in [6.45, 7) is 4.00. The molecule has 7 aromatic carbocycles. The lowest BCUT2D eigenvalue weighted by Crippen LogP contribution is -1.99. The minimum absolute atomic E-state index is 0.718. The Morgan fingerprint density at radius 2 is 1.17 bits per heavy atom. The van der Waals surface area contributed by atoms with Crippen LogP contribution in [0, 0.1) is 0 Å². The van der Waals surface area contributed by atoms with Gasteiger partial charge in [0, 0.05) is 45.3 Å². The van der Waals surface area contributed by atoms with E-state index in [0.717, 1.165) is 45.5 Å². The number of fused-ring (bicyclic) bond motifs is 5. The van der Waals surface area contributed by atoms with E-state index in [9.17, 15) is 0 Å². The van der Waals surface area contributed by atoms with E-state index < -0.39 is 0 Å². The molecule has 0 spiro atoms. The van der Waals surface area contributed by atoms with Crippen LogP contribution in [0.3, 0.4) is 0 Å². The van der Waals surface area contributed by atoms with Crippen molar-refractivity contribution in [2.24, 2.45) is 0 Å². The van der Waals surface area contributed by atoms with Crippen molar-refractivity contribution in [3.05, 3.63) is 193 Å². The largest absolute Gasteiger partial charge is 0.313 e. The summed E-state index contributed by atoms with van der Waals surface area (Å²) < 4.78 is 2.41. The molecule has 10 rings (SSSR count). The molecule has 0 saturated carbocycles. The Balaban J connectivity index is 0.00000189. The highest BCUT2D eigenvalue weighted by Gasteiger charge is 2.19. The SMILES string of the molecule is C1=CCc2c(c3cc(-c4ccc5nc(-c6ccc(-c7cccc8ccccc78)cc6)nc(-c6ccccc6)c5c4)ccc3n2-c2ccccc2)C=C1.CC. The van der Waals surface area contributed by atoms with Gasteiger partial charge in [0.25, 0.3) is 0 Å². The van der Waals surface area contributed by atoms with E-state index in [4.69, 9.17) is 9.97 Å². The van der Waals surface area contributed by atoms with Crippen LogP contribution < -0.4 is 0 Å². The average molecular weight is 694 g/mol. The van der Waals surface area contributed by atoms with Gasteiger partial charge in [-0.25, -0.2) is 9.97 Å². The predicted octanol–water partition coefficient (Wildman–Crippen LogP) is 13.5. The summed E-state index contributed by atoms with van der Waals surface area (Å²) in [4.78, 5) is 10.4. The second kappa shape index (κ2) is 14.3. The maximum Gasteiger partial charge on any atom is 0.160 e. The Kier molecular flexibility index (Phi) is 8.74. The standard InChI is InChI=1S/C49H33N3.C2H6/c1-4-14-35(15-5-1)48-44-32-37(38-28-30-47-43(31-38)42-20-8-3-9-22-46(42)52(47)39-17-6-2-7-18-39)27-29-45(44)50-49(51-48)36-25-23-34(24-26-36)41-21-12-16-33-13-10-11-19-40(33)41;1-2/h1-21,23-32H,22H2;1-2H3. The lowest BCUT2D eigenvalue weighted by molar-refractivity contribution is 1.00. The molecule has 0 amide bonds. The van der Waals surface area contributed by atoms with Crippen LogP contribution in [0.5, 0.6) is 0 Å². The second-order valence-corrected chi connectivity index (χ2v) is 13.4. The number of hydrogen-bond donors (Lipinski definition) is 0. The van der Waals surface area contributed by atoms with Gasteiger partial charge in [0.2, 0.25) is 0 Å². The molecule has 1 aliphatic carbocycles. The van der Waals surface area contributed by atoms with Gasteiger partial charge in [-0.15, -0.1) is 0 Å². The summed E-state index contributed by atoms with van der Waals surface area (Å²) in [6, 6.07) is 58.3. The van der Waals surface area contributed by atoms with E-state index >= 15 is 0 Å². The van der Waals surface area contributed by atoms with Crippen molar-refractivity contribution in [3.63, 3.8) is 0 Å². The first-order chi connectivity index (χ1) is 26.8. The molecule has 258 valence electrons. The van der Waals surface area contributed by atoms with Crippen molar-refractivity contribution >= 4 is 38.7 Å². The quantitative estimate of drug-likeness (QED) is 0.180. The van der Waals surface area contributed by atoms with Crippen LogP contribution in [0.25, 0.3) is 89.2 Å². The van der Waals surface area contributed by atoms with Crippen molar-refractivity contribution in [3.8, 4) is 50.6 Å². The predicted molar refractivity (Wildman–Crippen MR) is 229 cm³/mol. The first-order valence-electron chi connectivity index (χ1n) is 18.8. The van der Waals surface area contributed by atoms with Crippen LogP contribution in [0.4, 0.5) is 0 Å². The molecule has 0 unspecified atom stereocenters. The van der Waals surface area contributed by atoms with Gasteiger partial charge >= 0.3 is 0 Å². The molecular formula is C51H39N3. The fraction of sp³-hybridized carbons (Fsp3) is 0.0588. The lowest BCUT2D eigenvalue weighted by atomic mass is 9.97. The molecule has 2 aromatic heterocycles. The third kappa shape index (κ3) is 5.90. The van der Waals surface area contributed by atoms with Crippen molar-refractivity contribution in [1.29, 1.82) is 0 Å². The topological polar surface area (TPSA) is 30.7 Å². The number of aromatic nitrogens is 3. The molecule has 0 fully saturated rings. The van der Waals surface area contributed by atoms with Gasteiger partial charge < -0.3 is 4.57 Å². The Labute approximate surface area is 316 Å². The Bertz CT molecular complexity index is 2840. The smallest absolute Gasteiger partial charge is 0.160 e. The third-order valence-corrected chi connectivity index (χ3v) is 10.3. The van der Waals surface area contributed by atoms with Gasteiger partial charge in [-0.3, -0.25) is 0 Å². The van der Waals surface area contributed by atoms with Crippen molar-refractivity contribution in [1.82, 2.24) is 14.5 Å². The molecule has 54 heavy (non-hydrogen) atoms. The molecule has 2 heterocycles. The van der Waals surface area contributed by atoms with Gasteiger partial charge in [0.15, 0.2) is 5.82 Å². The van der Waals surface area contributed by atoms with E-state index in [1.807, 2.05) is 13.8 Å². The monoisotopic (exact) mass is 693 g/mol. The molecule has 9 aromatic rings. The molecular weight excluding hydrogens is 655 g/mol. The van der Waals surface area contributed by atoms with Crippen LogP contribution in [0.1, 0.15) is 25.1 Å². The van der Waals surface area contributed by atoms with Crippen LogP contribution in [0.2, 0.25) is 0 Å². The molecule has 0 bridgehead atoms. The number of rotatable bonds is 5. The minimum Gasteiger partial charge on any atom is -0.313 e. The summed E-state index contributed by atoms with van der Waals surface area (Å²) in [5, 5.41) is 4.77. The van der Waals surface area contributed by atoms with E-state index in [0.29, 0.717) is 0 Å². The molecule has 0 atom stereocenters. The highest BCUT2D eigenvalue weighted by Crippen LogP contribution is 2.38. The summed E-state index contributed by atoms with van der Waals surface area (Å²) in [5.74, 6) is 0.718. The molecule has 3 nitrogen and oxygen atoms in total. The summed E-state index contributed by atoms with van der Waals surface area (Å²) in [7, 11) is 0. The highest BCUT2D eigenvalue weighted by atomic mass is 15.0. The maximum absolute atomic E-state index is 5.25. The fourth-order valence-corrected chi connectivity index (χ4v) is 7.75. The number of para-hydroxylation sites is 1. The number of nitrogens with zero attached hydrogens (tertiary/aromatic N) is 3. The third-order valence-electron chi connectivity index (χ3n) is 10.3. The minimum atomic E-state index is 0.718. The first kappa shape index (κ1) is 33.0. The van der Waals surface area contributed by atoms with E-state index in [1.165, 1.54) is 55.3 Å². The average Bonchev–Trinajstić information content (AvgIpc) is 3.36. The molecule has 0 aliphatic heterocycles. The second-order valence-electron chi connectivity index (χ2n) is 13.4. The molecule has 1 aliphatic rings. The van der Waals surface area contributed by atoms with Crippen LogP contribution >= 0.6 is 0 Å². The lowest BCUT2D eigenvalue weighted by Gasteiger charge is -2.12. The van der Waals surface area contributed by atoms with Crippen molar-refractivity contribution < 1.29 is 0 Å². The maximum atomic E-state index is 5.25. The van der Waals surface area contributed by atoms with Gasteiger partial charge in [0.1, 0.15) is 0 Å². The van der Waals surface area contributed by atoms with Crippen LogP contribution in [-0.2, 0) is 6.42 Å². The zero-order valence-corrected chi connectivity index (χ0v) is 30.4. The fourth-order valence-electron chi connectivity index (χ4n) is 7.75. The molecule has 0 N–H and O–H groups in total. The summed E-state index contributed by atoms with van der Waals surface area (Å²) in [6.07, 6.45) is 9.67. The zero-order valence-electron chi connectivity index (χ0n) is 30.4. The Morgan fingerprint density at radius 1 is 0.500 bits per heavy atom. The normalized spacial score (nSPS) is 12.0. The van der Waals surface area contributed by atoms with Gasteiger partial charge in [-0.2, -0.15) is 0 Å². The number of allylic oxidation sites excluding steroid dienone is 3.